The summed E-state index contributed by atoms with van der Waals surface area (Å²) < 4.78 is 5.41. The lowest BCUT2D eigenvalue weighted by atomic mass is 9.68. The number of carbonyl (C=O) groups excluding carboxylic acids is 2. The fourth-order valence-electron chi connectivity index (χ4n) is 6.10. The number of methoxy groups -OCH3 is 1. The molecular formula is C31H37NO6. The van der Waals surface area contributed by atoms with Crippen LogP contribution in [-0.2, 0) is 14.3 Å². The molecule has 7 heteroatoms. The number of likely N-dealkylation sites (tertiary alicyclic amines) is 1. The molecule has 0 spiro atoms. The van der Waals surface area contributed by atoms with Gasteiger partial charge in [-0.05, 0) is 84.2 Å². The van der Waals surface area contributed by atoms with E-state index in [4.69, 9.17) is 4.74 Å². The molecule has 0 saturated carbocycles. The minimum absolute atomic E-state index is 0.227. The van der Waals surface area contributed by atoms with Crippen molar-refractivity contribution in [2.75, 3.05) is 27.4 Å². The Morgan fingerprint density at radius 2 is 1.79 bits per heavy atom. The molecule has 1 fully saturated rings. The van der Waals surface area contributed by atoms with Crippen LogP contribution in [0.5, 0.6) is 5.75 Å². The molecule has 38 heavy (non-hydrogen) atoms. The van der Waals surface area contributed by atoms with Gasteiger partial charge in [-0.2, -0.15) is 0 Å². The fourth-order valence-corrected chi connectivity index (χ4v) is 6.10. The standard InChI is InChI=1S/C31H37NO6/c1-18-12-20(13-19(2)29(18)35)14-22(21-8-6-5-7-9-21)10-11-26(34)27-23(17-38-4)15-24-28(25(27)16-33)31(37)32(3)30(24)36/h5-9,12-14,24-26,28,33-35H,10-11,15-17H2,1-4H3/b22-14-/t24-,25+,26-,28-/m1/s1. The number of aromatic hydroxyl groups is 1. The van der Waals surface area contributed by atoms with E-state index in [2.05, 4.69) is 6.08 Å². The number of aryl methyl sites for hydroxylation is 2. The van der Waals surface area contributed by atoms with Crippen molar-refractivity contribution in [2.24, 2.45) is 17.8 Å². The van der Waals surface area contributed by atoms with Gasteiger partial charge in [-0.3, -0.25) is 14.5 Å². The summed E-state index contributed by atoms with van der Waals surface area (Å²) in [6, 6.07) is 13.8. The topological polar surface area (TPSA) is 107 Å². The number of imide groups is 1. The Morgan fingerprint density at radius 3 is 2.39 bits per heavy atom. The summed E-state index contributed by atoms with van der Waals surface area (Å²) in [6.07, 6.45) is 2.39. The average Bonchev–Trinajstić information content (AvgIpc) is 3.12. The number of aliphatic hydroxyl groups is 2. The van der Waals surface area contributed by atoms with Crippen molar-refractivity contribution in [2.45, 2.75) is 39.2 Å². The van der Waals surface area contributed by atoms with Crippen molar-refractivity contribution < 1.29 is 29.6 Å². The molecule has 7 nitrogen and oxygen atoms in total. The molecule has 1 saturated heterocycles. The van der Waals surface area contributed by atoms with E-state index in [1.807, 2.05) is 56.3 Å². The maximum Gasteiger partial charge on any atom is 0.233 e. The average molecular weight is 520 g/mol. The fraction of sp³-hybridized carbons (Fsp3) is 0.419. The number of hydrogen-bond donors (Lipinski definition) is 3. The third kappa shape index (κ3) is 5.32. The van der Waals surface area contributed by atoms with Crippen LogP contribution in [-0.4, -0.2) is 65.5 Å². The Kier molecular flexibility index (Phi) is 8.51. The van der Waals surface area contributed by atoms with Crippen LogP contribution in [0.3, 0.4) is 0 Å². The number of carbonyl (C=O) groups is 2. The number of ether oxygens (including phenoxy) is 1. The highest BCUT2D eigenvalue weighted by molar-refractivity contribution is 6.05. The van der Waals surface area contributed by atoms with E-state index < -0.39 is 23.9 Å². The molecule has 3 N–H and O–H groups in total. The molecule has 0 radical (unpaired) electrons. The maximum absolute atomic E-state index is 12.9. The molecule has 202 valence electrons. The van der Waals surface area contributed by atoms with Gasteiger partial charge in [-0.1, -0.05) is 36.4 Å². The summed E-state index contributed by atoms with van der Waals surface area (Å²) in [5, 5.41) is 32.1. The van der Waals surface area contributed by atoms with E-state index in [9.17, 15) is 24.9 Å². The number of nitrogens with zero attached hydrogens (tertiary/aromatic N) is 1. The Labute approximate surface area is 224 Å². The molecule has 1 heterocycles. The molecule has 2 amide bonds. The van der Waals surface area contributed by atoms with Gasteiger partial charge in [0, 0.05) is 20.1 Å². The van der Waals surface area contributed by atoms with Gasteiger partial charge < -0.3 is 20.1 Å². The molecule has 0 bridgehead atoms. The van der Waals surface area contributed by atoms with Crippen molar-refractivity contribution in [3.05, 3.63) is 75.9 Å². The number of hydrogen-bond acceptors (Lipinski definition) is 6. The molecule has 1 aliphatic heterocycles. The van der Waals surface area contributed by atoms with Crippen LogP contribution in [0.2, 0.25) is 0 Å². The van der Waals surface area contributed by atoms with Gasteiger partial charge in [-0.15, -0.1) is 0 Å². The van der Waals surface area contributed by atoms with E-state index in [1.54, 1.807) is 7.11 Å². The number of benzene rings is 2. The molecule has 4 rings (SSSR count). The van der Waals surface area contributed by atoms with E-state index in [0.717, 1.165) is 38.3 Å². The van der Waals surface area contributed by atoms with Crippen LogP contribution in [0.15, 0.2) is 53.6 Å². The van der Waals surface area contributed by atoms with E-state index >= 15 is 0 Å². The molecule has 2 aromatic rings. The van der Waals surface area contributed by atoms with Crippen LogP contribution in [0, 0.1) is 31.6 Å². The number of allylic oxidation sites excluding steroid dienone is 1. The first-order valence-electron chi connectivity index (χ1n) is 13.0. The largest absolute Gasteiger partial charge is 0.507 e. The van der Waals surface area contributed by atoms with Crippen molar-refractivity contribution >= 4 is 23.5 Å². The number of aliphatic hydroxyl groups excluding tert-OH is 2. The second-order valence-electron chi connectivity index (χ2n) is 10.4. The van der Waals surface area contributed by atoms with Crippen LogP contribution in [0.4, 0.5) is 0 Å². The third-order valence-electron chi connectivity index (χ3n) is 7.96. The quantitative estimate of drug-likeness (QED) is 0.264. The second kappa shape index (κ2) is 11.6. The van der Waals surface area contributed by atoms with Crippen molar-refractivity contribution in [3.8, 4) is 5.75 Å². The zero-order valence-corrected chi connectivity index (χ0v) is 22.5. The number of phenols is 1. The second-order valence-corrected chi connectivity index (χ2v) is 10.4. The van der Waals surface area contributed by atoms with Crippen LogP contribution in [0.1, 0.15) is 41.5 Å². The first-order chi connectivity index (χ1) is 18.2. The highest BCUT2D eigenvalue weighted by Crippen LogP contribution is 2.46. The smallest absolute Gasteiger partial charge is 0.233 e. The minimum atomic E-state index is -0.914. The number of phenolic OH excluding ortho intramolecular Hbond substituents is 1. The lowest BCUT2D eigenvalue weighted by molar-refractivity contribution is -0.138. The summed E-state index contributed by atoms with van der Waals surface area (Å²) in [7, 11) is 3.04. The monoisotopic (exact) mass is 519 g/mol. The molecule has 0 aromatic heterocycles. The van der Waals surface area contributed by atoms with Crippen molar-refractivity contribution in [1.82, 2.24) is 4.90 Å². The highest BCUT2D eigenvalue weighted by Gasteiger charge is 2.53. The normalized spacial score (nSPS) is 22.7. The first-order valence-corrected chi connectivity index (χ1v) is 13.0. The summed E-state index contributed by atoms with van der Waals surface area (Å²) in [5.41, 5.74) is 5.99. The van der Waals surface area contributed by atoms with Crippen LogP contribution >= 0.6 is 0 Å². The lowest BCUT2D eigenvalue weighted by Gasteiger charge is -2.36. The molecule has 2 aliphatic rings. The Hall–Kier alpha value is -3.26. The zero-order valence-electron chi connectivity index (χ0n) is 22.5. The van der Waals surface area contributed by atoms with Gasteiger partial charge in [0.25, 0.3) is 0 Å². The van der Waals surface area contributed by atoms with Crippen LogP contribution < -0.4 is 0 Å². The third-order valence-corrected chi connectivity index (χ3v) is 7.96. The van der Waals surface area contributed by atoms with Gasteiger partial charge in [0.05, 0.1) is 31.2 Å². The number of fused-ring (bicyclic) bond motifs is 1. The van der Waals surface area contributed by atoms with E-state index in [-0.39, 0.29) is 30.8 Å². The lowest BCUT2D eigenvalue weighted by Crippen LogP contribution is -2.39. The van der Waals surface area contributed by atoms with Gasteiger partial charge in [0.2, 0.25) is 11.8 Å². The number of rotatable bonds is 9. The Balaban J connectivity index is 1.66. The number of amides is 2. The zero-order chi connectivity index (χ0) is 27.6. The molecule has 0 unspecified atom stereocenters. The Bertz CT molecular complexity index is 1240. The predicted octanol–water partition coefficient (Wildman–Crippen LogP) is 3.88. The van der Waals surface area contributed by atoms with Gasteiger partial charge in [0.15, 0.2) is 0 Å². The summed E-state index contributed by atoms with van der Waals surface area (Å²) in [6.45, 7) is 3.63. The highest BCUT2D eigenvalue weighted by atomic mass is 16.5. The Morgan fingerprint density at radius 1 is 1.13 bits per heavy atom. The summed E-state index contributed by atoms with van der Waals surface area (Å²) >= 11 is 0. The van der Waals surface area contributed by atoms with Gasteiger partial charge in [0.1, 0.15) is 5.75 Å². The van der Waals surface area contributed by atoms with Crippen molar-refractivity contribution in [3.63, 3.8) is 0 Å². The maximum atomic E-state index is 12.9. The van der Waals surface area contributed by atoms with Crippen molar-refractivity contribution in [1.29, 1.82) is 0 Å². The predicted molar refractivity (Wildman–Crippen MR) is 146 cm³/mol. The molecule has 1 aliphatic carbocycles. The summed E-state index contributed by atoms with van der Waals surface area (Å²) in [5.74, 6) is -2.10. The summed E-state index contributed by atoms with van der Waals surface area (Å²) in [4.78, 5) is 26.8. The van der Waals surface area contributed by atoms with E-state index in [1.165, 1.54) is 7.05 Å². The SMILES string of the molecule is COCC1=C([C@H](O)CC/C(=C/c2cc(C)c(O)c(C)c2)c2ccccc2)[C@H](CO)[C@@H]2C(=O)N(C)C(=O)[C@@H]2C1. The first kappa shape index (κ1) is 27.8. The molecule has 4 atom stereocenters. The molecular weight excluding hydrogens is 482 g/mol. The molecule has 2 aromatic carbocycles. The van der Waals surface area contributed by atoms with E-state index in [0.29, 0.717) is 24.8 Å². The van der Waals surface area contributed by atoms with Crippen LogP contribution in [0.25, 0.3) is 11.6 Å². The van der Waals surface area contributed by atoms with Gasteiger partial charge >= 0.3 is 0 Å². The van der Waals surface area contributed by atoms with Gasteiger partial charge in [-0.25, -0.2) is 0 Å². The minimum Gasteiger partial charge on any atom is -0.507 e.